The minimum atomic E-state index is -1.16. The van der Waals surface area contributed by atoms with Crippen LogP contribution in [0.4, 0.5) is 0 Å². The molecule has 0 rings (SSSR count). The van der Waals surface area contributed by atoms with Crippen molar-refractivity contribution in [2.45, 2.75) is 46.1 Å². The standard InChI is InChI=1S/C8H23NOSi2/c1-8(2)9(11(4)10-3)12(5,6)7/h8,11H,1-7H3. The summed E-state index contributed by atoms with van der Waals surface area (Å²) in [5.74, 6) is 0. The van der Waals surface area contributed by atoms with Gasteiger partial charge in [0.2, 0.25) is 9.20 Å². The molecular formula is C8H23NOSi2. The lowest BCUT2D eigenvalue weighted by atomic mass is 10.4. The molecule has 12 heavy (non-hydrogen) atoms. The number of rotatable bonds is 4. The van der Waals surface area contributed by atoms with Crippen LogP contribution in [0.3, 0.4) is 0 Å². The second kappa shape index (κ2) is 4.55. The molecule has 0 radical (unpaired) electrons. The number of hydrogen-bond acceptors (Lipinski definition) is 2. The van der Waals surface area contributed by atoms with Gasteiger partial charge in [0.05, 0.1) is 0 Å². The highest BCUT2D eigenvalue weighted by molar-refractivity contribution is 6.81. The largest absolute Gasteiger partial charge is 0.409 e. The van der Waals surface area contributed by atoms with Gasteiger partial charge < -0.3 is 8.66 Å². The van der Waals surface area contributed by atoms with Gasteiger partial charge in [0, 0.05) is 7.11 Å². The molecule has 1 atom stereocenters. The van der Waals surface area contributed by atoms with Crippen molar-refractivity contribution in [3.05, 3.63) is 0 Å². The normalized spacial score (nSPS) is 15.8. The molecule has 0 aromatic carbocycles. The molecule has 0 amide bonds. The molecule has 74 valence electrons. The van der Waals surface area contributed by atoms with Gasteiger partial charge in [-0.2, -0.15) is 0 Å². The SMILES string of the molecule is CO[SiH](C)N(C(C)C)[Si](C)(C)C. The summed E-state index contributed by atoms with van der Waals surface area (Å²) in [6, 6.07) is 0.637. The van der Waals surface area contributed by atoms with E-state index >= 15 is 0 Å². The molecule has 0 aliphatic carbocycles. The molecule has 0 aliphatic rings. The van der Waals surface area contributed by atoms with E-state index in [1.165, 1.54) is 0 Å². The predicted molar refractivity (Wildman–Crippen MR) is 60.3 cm³/mol. The molecular weight excluding hydrogens is 182 g/mol. The van der Waals surface area contributed by atoms with Crippen LogP contribution in [-0.2, 0) is 4.43 Å². The average Bonchev–Trinajstić information content (AvgIpc) is 1.83. The van der Waals surface area contributed by atoms with Crippen LogP contribution in [0.15, 0.2) is 0 Å². The predicted octanol–water partition coefficient (Wildman–Crippen LogP) is 2.03. The van der Waals surface area contributed by atoms with Gasteiger partial charge in [-0.3, -0.25) is 0 Å². The summed E-state index contributed by atoms with van der Waals surface area (Å²) in [7, 11) is -0.408. The van der Waals surface area contributed by atoms with Gasteiger partial charge in [-0.15, -0.1) is 0 Å². The van der Waals surface area contributed by atoms with Crippen LogP contribution in [0, 0.1) is 0 Å². The molecule has 2 nitrogen and oxygen atoms in total. The lowest BCUT2D eigenvalue weighted by Gasteiger charge is -2.40. The molecule has 0 saturated carbocycles. The van der Waals surface area contributed by atoms with E-state index in [2.05, 4.69) is 44.3 Å². The Labute approximate surface area is 79.8 Å². The minimum absolute atomic E-state index is 0.637. The molecule has 0 heterocycles. The van der Waals surface area contributed by atoms with Crippen molar-refractivity contribution in [3.63, 3.8) is 0 Å². The maximum Gasteiger partial charge on any atom is 0.245 e. The fourth-order valence-electron chi connectivity index (χ4n) is 1.85. The molecule has 0 spiro atoms. The van der Waals surface area contributed by atoms with E-state index in [9.17, 15) is 0 Å². The first kappa shape index (κ1) is 12.4. The second-order valence-corrected chi connectivity index (χ2v) is 12.1. The average molecular weight is 205 g/mol. The highest BCUT2D eigenvalue weighted by atomic mass is 28.4. The first-order valence-corrected chi connectivity index (χ1v) is 10.2. The van der Waals surface area contributed by atoms with Gasteiger partial charge in [-0.25, -0.2) is 0 Å². The molecule has 0 saturated heterocycles. The van der Waals surface area contributed by atoms with Gasteiger partial charge >= 0.3 is 0 Å². The van der Waals surface area contributed by atoms with Gasteiger partial charge in [0.25, 0.3) is 0 Å². The van der Waals surface area contributed by atoms with Crippen molar-refractivity contribution in [2.24, 2.45) is 0 Å². The Morgan fingerprint density at radius 3 is 1.75 bits per heavy atom. The number of hydrogen-bond donors (Lipinski definition) is 0. The zero-order valence-corrected chi connectivity index (χ0v) is 11.7. The summed E-state index contributed by atoms with van der Waals surface area (Å²) >= 11 is 0. The summed E-state index contributed by atoms with van der Waals surface area (Å²) in [6.45, 7) is 13.9. The van der Waals surface area contributed by atoms with Gasteiger partial charge in [0.1, 0.15) is 8.24 Å². The van der Waals surface area contributed by atoms with E-state index in [1.807, 2.05) is 7.11 Å². The molecule has 1 unspecified atom stereocenters. The lowest BCUT2D eigenvalue weighted by Crippen LogP contribution is -2.57. The Hall–Kier alpha value is 0.354. The van der Waals surface area contributed by atoms with Gasteiger partial charge in [-0.1, -0.05) is 33.5 Å². The molecule has 0 aromatic heterocycles. The Bertz CT molecular complexity index is 134. The van der Waals surface area contributed by atoms with Gasteiger partial charge in [0.15, 0.2) is 0 Å². The summed E-state index contributed by atoms with van der Waals surface area (Å²) in [5, 5.41) is 0. The van der Waals surface area contributed by atoms with E-state index in [0.717, 1.165) is 0 Å². The Morgan fingerprint density at radius 1 is 1.25 bits per heavy atom. The molecule has 0 aliphatic heterocycles. The van der Waals surface area contributed by atoms with Crippen LogP contribution in [-0.4, -0.2) is 34.8 Å². The smallest absolute Gasteiger partial charge is 0.245 e. The van der Waals surface area contributed by atoms with E-state index < -0.39 is 17.4 Å². The third kappa shape index (κ3) is 3.39. The fraction of sp³-hybridized carbons (Fsp3) is 1.00. The highest BCUT2D eigenvalue weighted by Gasteiger charge is 2.31. The third-order valence-corrected chi connectivity index (χ3v) is 9.61. The van der Waals surface area contributed by atoms with E-state index in [1.54, 1.807) is 0 Å². The Balaban J connectivity index is 4.44. The van der Waals surface area contributed by atoms with Gasteiger partial charge in [-0.05, 0) is 12.6 Å². The Morgan fingerprint density at radius 2 is 1.67 bits per heavy atom. The van der Waals surface area contributed by atoms with Crippen LogP contribution in [0.2, 0.25) is 26.2 Å². The minimum Gasteiger partial charge on any atom is -0.409 e. The van der Waals surface area contributed by atoms with Crippen molar-refractivity contribution in [2.75, 3.05) is 7.11 Å². The summed E-state index contributed by atoms with van der Waals surface area (Å²) in [6.07, 6.45) is 0. The van der Waals surface area contributed by atoms with Crippen molar-refractivity contribution in [3.8, 4) is 0 Å². The van der Waals surface area contributed by atoms with Crippen LogP contribution >= 0.6 is 0 Å². The monoisotopic (exact) mass is 205 g/mol. The van der Waals surface area contributed by atoms with Crippen LogP contribution in [0.25, 0.3) is 0 Å². The first-order valence-electron chi connectivity index (χ1n) is 4.62. The molecule has 0 fully saturated rings. The zero-order valence-electron chi connectivity index (χ0n) is 9.51. The molecule has 4 heteroatoms. The fourth-order valence-corrected chi connectivity index (χ4v) is 9.15. The van der Waals surface area contributed by atoms with Crippen LogP contribution in [0.1, 0.15) is 13.8 Å². The van der Waals surface area contributed by atoms with Crippen molar-refractivity contribution < 1.29 is 4.43 Å². The topological polar surface area (TPSA) is 12.5 Å². The van der Waals surface area contributed by atoms with Crippen molar-refractivity contribution in [1.29, 1.82) is 0 Å². The molecule has 0 aromatic rings. The van der Waals surface area contributed by atoms with E-state index in [0.29, 0.717) is 6.04 Å². The highest BCUT2D eigenvalue weighted by Crippen LogP contribution is 2.15. The summed E-state index contributed by atoms with van der Waals surface area (Å²) in [5.41, 5.74) is 0. The third-order valence-electron chi connectivity index (χ3n) is 2.06. The van der Waals surface area contributed by atoms with E-state index in [-0.39, 0.29) is 0 Å². The second-order valence-electron chi connectivity index (χ2n) is 4.51. The van der Waals surface area contributed by atoms with Crippen LogP contribution in [0.5, 0.6) is 0 Å². The summed E-state index contributed by atoms with van der Waals surface area (Å²) in [4.78, 5) is 0. The first-order chi connectivity index (χ1) is 5.30. The molecule has 0 N–H and O–H groups in total. The van der Waals surface area contributed by atoms with Crippen molar-refractivity contribution >= 4 is 17.4 Å². The zero-order chi connectivity index (χ0) is 9.94. The summed E-state index contributed by atoms with van der Waals surface area (Å²) < 4.78 is 8.13. The van der Waals surface area contributed by atoms with E-state index in [4.69, 9.17) is 4.43 Å². The maximum atomic E-state index is 5.50. The quantitative estimate of drug-likeness (QED) is 0.651. The Kier molecular flexibility index (Phi) is 4.69. The van der Waals surface area contributed by atoms with Crippen LogP contribution < -0.4 is 0 Å². The molecule has 0 bridgehead atoms. The maximum absolute atomic E-state index is 5.50. The number of nitrogens with zero attached hydrogens (tertiary/aromatic N) is 1. The lowest BCUT2D eigenvalue weighted by molar-refractivity contribution is 0.354. The van der Waals surface area contributed by atoms with Crippen molar-refractivity contribution in [1.82, 2.24) is 4.23 Å².